The molecule has 0 spiro atoms. The van der Waals surface area contributed by atoms with Gasteiger partial charge in [-0.2, -0.15) is 0 Å². The van der Waals surface area contributed by atoms with E-state index in [1.165, 1.54) is 11.1 Å². The summed E-state index contributed by atoms with van der Waals surface area (Å²) in [7, 11) is 0. The number of benzene rings is 1. The second-order valence-electron chi connectivity index (χ2n) is 6.37. The number of carbonyl (C=O) groups excluding carboxylic acids is 1. The van der Waals surface area contributed by atoms with E-state index >= 15 is 0 Å². The molecule has 1 saturated heterocycles. The summed E-state index contributed by atoms with van der Waals surface area (Å²) in [5.74, 6) is 1.10. The van der Waals surface area contributed by atoms with Gasteiger partial charge in [0.15, 0.2) is 5.96 Å². The lowest BCUT2D eigenvalue weighted by molar-refractivity contribution is -0.127. The summed E-state index contributed by atoms with van der Waals surface area (Å²) < 4.78 is 5.54. The van der Waals surface area contributed by atoms with Crippen LogP contribution >= 0.6 is 0 Å². The van der Waals surface area contributed by atoms with Crippen LogP contribution < -0.4 is 10.6 Å². The molecule has 1 aliphatic heterocycles. The molecule has 0 radical (unpaired) electrons. The Labute approximate surface area is 157 Å². The van der Waals surface area contributed by atoms with Crippen LogP contribution in [0.2, 0.25) is 0 Å². The number of likely N-dealkylation sites (tertiary alicyclic amines) is 1. The summed E-state index contributed by atoms with van der Waals surface area (Å²) in [6.07, 6.45) is 2.63. The maximum atomic E-state index is 11.6. The smallest absolute Gasteiger partial charge is 0.222 e. The minimum atomic E-state index is 0.288. The molecule has 144 valence electrons. The molecule has 0 aliphatic carbocycles. The van der Waals surface area contributed by atoms with E-state index in [1.54, 1.807) is 0 Å². The van der Waals surface area contributed by atoms with E-state index in [1.807, 2.05) is 24.0 Å². The Balaban J connectivity index is 1.83. The van der Waals surface area contributed by atoms with Crippen molar-refractivity contribution in [1.82, 2.24) is 15.5 Å². The van der Waals surface area contributed by atoms with Crippen LogP contribution in [0.3, 0.4) is 0 Å². The molecule has 1 aromatic carbocycles. The summed E-state index contributed by atoms with van der Waals surface area (Å²) in [4.78, 5) is 18.3. The average Bonchev–Trinajstić information content (AvgIpc) is 3.07. The van der Waals surface area contributed by atoms with E-state index in [9.17, 15) is 4.79 Å². The van der Waals surface area contributed by atoms with Crippen LogP contribution in [0.5, 0.6) is 0 Å². The highest BCUT2D eigenvalue weighted by atomic mass is 16.5. The fourth-order valence-electron chi connectivity index (χ4n) is 2.99. The number of amides is 1. The first kappa shape index (κ1) is 20.2. The summed E-state index contributed by atoms with van der Waals surface area (Å²) in [5.41, 5.74) is 2.36. The number of carbonyl (C=O) groups is 1. The predicted octanol–water partition coefficient (Wildman–Crippen LogP) is 2.29. The zero-order valence-electron chi connectivity index (χ0n) is 16.1. The van der Waals surface area contributed by atoms with Gasteiger partial charge in [-0.05, 0) is 37.8 Å². The lowest BCUT2D eigenvalue weighted by Crippen LogP contribution is -2.39. The molecule has 6 heteroatoms. The first-order chi connectivity index (χ1) is 12.7. The molecule has 0 aromatic heterocycles. The maximum Gasteiger partial charge on any atom is 0.222 e. The quantitative estimate of drug-likeness (QED) is 0.382. The van der Waals surface area contributed by atoms with Gasteiger partial charge in [-0.15, -0.1) is 0 Å². The highest BCUT2D eigenvalue weighted by Gasteiger charge is 2.18. The van der Waals surface area contributed by atoms with E-state index in [0.717, 1.165) is 45.0 Å². The SMILES string of the molecule is CCNC(=NCc1ccccc1COCC)NCCCN1CCCC1=O. The van der Waals surface area contributed by atoms with Gasteiger partial charge < -0.3 is 20.3 Å². The van der Waals surface area contributed by atoms with Crippen LogP contribution in [0, 0.1) is 0 Å². The fourth-order valence-corrected chi connectivity index (χ4v) is 2.99. The molecular weight excluding hydrogens is 328 g/mol. The van der Waals surface area contributed by atoms with Crippen LogP contribution in [-0.2, 0) is 22.7 Å². The molecule has 1 fully saturated rings. The fraction of sp³-hybridized carbons (Fsp3) is 0.600. The Morgan fingerprint density at radius 1 is 1.23 bits per heavy atom. The van der Waals surface area contributed by atoms with Crippen molar-refractivity contribution in [2.45, 2.75) is 46.3 Å². The monoisotopic (exact) mass is 360 g/mol. The van der Waals surface area contributed by atoms with Gasteiger partial charge in [-0.25, -0.2) is 4.99 Å². The topological polar surface area (TPSA) is 66.0 Å². The molecule has 0 unspecified atom stereocenters. The van der Waals surface area contributed by atoms with E-state index in [4.69, 9.17) is 9.73 Å². The van der Waals surface area contributed by atoms with Crippen LogP contribution in [0.1, 0.15) is 44.2 Å². The van der Waals surface area contributed by atoms with Crippen LogP contribution in [0.4, 0.5) is 0 Å². The number of guanidine groups is 1. The number of rotatable bonds is 10. The van der Waals surface area contributed by atoms with Crippen molar-refractivity contribution in [2.75, 3.05) is 32.8 Å². The molecular formula is C20H32N4O2. The lowest BCUT2D eigenvalue weighted by Gasteiger charge is -2.16. The summed E-state index contributed by atoms with van der Waals surface area (Å²) in [6.45, 7) is 9.35. The van der Waals surface area contributed by atoms with Gasteiger partial charge in [-0.1, -0.05) is 24.3 Å². The Hall–Kier alpha value is -2.08. The van der Waals surface area contributed by atoms with Crippen molar-refractivity contribution in [2.24, 2.45) is 4.99 Å². The first-order valence-corrected chi connectivity index (χ1v) is 9.69. The molecule has 1 amide bonds. The van der Waals surface area contributed by atoms with Crippen LogP contribution in [0.15, 0.2) is 29.3 Å². The van der Waals surface area contributed by atoms with Crippen LogP contribution in [-0.4, -0.2) is 49.6 Å². The maximum absolute atomic E-state index is 11.6. The zero-order valence-corrected chi connectivity index (χ0v) is 16.1. The van der Waals surface area contributed by atoms with Gasteiger partial charge in [0.1, 0.15) is 0 Å². The Morgan fingerprint density at radius 2 is 2.04 bits per heavy atom. The van der Waals surface area contributed by atoms with Crippen molar-refractivity contribution in [1.29, 1.82) is 0 Å². The van der Waals surface area contributed by atoms with Crippen molar-refractivity contribution in [3.8, 4) is 0 Å². The molecule has 0 atom stereocenters. The largest absolute Gasteiger partial charge is 0.377 e. The number of aliphatic imine (C=N–C) groups is 1. The zero-order chi connectivity index (χ0) is 18.6. The van der Waals surface area contributed by atoms with Gasteiger partial charge in [0.05, 0.1) is 13.2 Å². The van der Waals surface area contributed by atoms with Crippen molar-refractivity contribution in [3.05, 3.63) is 35.4 Å². The van der Waals surface area contributed by atoms with E-state index in [0.29, 0.717) is 26.2 Å². The van der Waals surface area contributed by atoms with E-state index < -0.39 is 0 Å². The third kappa shape index (κ3) is 6.67. The molecule has 1 aliphatic rings. The van der Waals surface area contributed by atoms with E-state index in [-0.39, 0.29) is 5.91 Å². The Bertz CT molecular complexity index is 589. The molecule has 2 rings (SSSR count). The average molecular weight is 361 g/mol. The Kier molecular flexibility index (Phi) is 8.96. The standard InChI is InChI=1S/C20H32N4O2/c1-3-21-20(22-12-8-14-24-13-7-11-19(24)25)23-15-17-9-5-6-10-18(17)16-26-4-2/h5-6,9-10H,3-4,7-8,11-16H2,1-2H3,(H2,21,22,23). The third-order valence-electron chi connectivity index (χ3n) is 4.40. The molecule has 1 heterocycles. The van der Waals surface area contributed by atoms with Gasteiger partial charge >= 0.3 is 0 Å². The highest BCUT2D eigenvalue weighted by molar-refractivity contribution is 5.79. The number of nitrogens with zero attached hydrogens (tertiary/aromatic N) is 2. The molecule has 0 saturated carbocycles. The number of nitrogens with one attached hydrogen (secondary N) is 2. The summed E-state index contributed by atoms with van der Waals surface area (Å²) in [6, 6.07) is 8.26. The molecule has 0 bridgehead atoms. The van der Waals surface area contributed by atoms with Gasteiger partial charge in [0, 0.05) is 39.2 Å². The molecule has 1 aromatic rings. The number of ether oxygens (including phenoxy) is 1. The molecule has 2 N–H and O–H groups in total. The summed E-state index contributed by atoms with van der Waals surface area (Å²) in [5, 5.41) is 6.64. The van der Waals surface area contributed by atoms with Crippen molar-refractivity contribution < 1.29 is 9.53 Å². The first-order valence-electron chi connectivity index (χ1n) is 9.69. The van der Waals surface area contributed by atoms with Gasteiger partial charge in [0.25, 0.3) is 0 Å². The minimum Gasteiger partial charge on any atom is -0.377 e. The molecule has 26 heavy (non-hydrogen) atoms. The normalized spacial score (nSPS) is 14.8. The predicted molar refractivity (Wildman–Crippen MR) is 105 cm³/mol. The van der Waals surface area contributed by atoms with Gasteiger partial charge in [0.2, 0.25) is 5.91 Å². The number of hydrogen-bond donors (Lipinski definition) is 2. The lowest BCUT2D eigenvalue weighted by atomic mass is 10.1. The number of hydrogen-bond acceptors (Lipinski definition) is 3. The second-order valence-corrected chi connectivity index (χ2v) is 6.37. The van der Waals surface area contributed by atoms with E-state index in [2.05, 4.69) is 29.7 Å². The van der Waals surface area contributed by atoms with Crippen molar-refractivity contribution >= 4 is 11.9 Å². The summed E-state index contributed by atoms with van der Waals surface area (Å²) >= 11 is 0. The second kappa shape index (κ2) is 11.5. The minimum absolute atomic E-state index is 0.288. The molecule has 6 nitrogen and oxygen atoms in total. The van der Waals surface area contributed by atoms with Crippen LogP contribution in [0.25, 0.3) is 0 Å². The van der Waals surface area contributed by atoms with Crippen molar-refractivity contribution in [3.63, 3.8) is 0 Å². The Morgan fingerprint density at radius 3 is 2.73 bits per heavy atom. The third-order valence-corrected chi connectivity index (χ3v) is 4.40. The highest BCUT2D eigenvalue weighted by Crippen LogP contribution is 2.11. The van der Waals surface area contributed by atoms with Gasteiger partial charge in [-0.3, -0.25) is 4.79 Å².